The Balaban J connectivity index is 1.65. The average Bonchev–Trinajstić information content (AvgIpc) is 2.88. The lowest BCUT2D eigenvalue weighted by atomic mass is 10.1. The summed E-state index contributed by atoms with van der Waals surface area (Å²) in [6.07, 6.45) is 0.210. The number of hydrogen-bond acceptors (Lipinski definition) is 3. The number of para-hydroxylation sites is 2. The van der Waals surface area contributed by atoms with Crippen LogP contribution >= 0.6 is 15.9 Å². The molecule has 0 saturated carbocycles. The fraction of sp³-hybridized carbons (Fsp3) is 0.222. The maximum atomic E-state index is 12.2. The van der Waals surface area contributed by atoms with Crippen LogP contribution in [-0.2, 0) is 11.3 Å². The van der Waals surface area contributed by atoms with E-state index in [9.17, 15) is 9.59 Å². The topological polar surface area (TPSA) is 64.2 Å². The van der Waals surface area contributed by atoms with Crippen LogP contribution in [0.1, 0.15) is 24.9 Å². The number of oxazole rings is 1. The second kappa shape index (κ2) is 7.05. The molecule has 0 radical (unpaired) electrons. The van der Waals surface area contributed by atoms with E-state index in [-0.39, 0.29) is 24.9 Å². The van der Waals surface area contributed by atoms with E-state index in [2.05, 4.69) is 21.2 Å². The van der Waals surface area contributed by atoms with Gasteiger partial charge < -0.3 is 9.73 Å². The number of carbonyl (C=O) groups excluding carboxylic acids is 1. The number of aryl methyl sites for hydroxylation is 1. The van der Waals surface area contributed by atoms with Gasteiger partial charge in [0, 0.05) is 17.4 Å². The van der Waals surface area contributed by atoms with Crippen LogP contribution in [0.25, 0.3) is 11.1 Å². The zero-order chi connectivity index (χ0) is 17.1. The van der Waals surface area contributed by atoms with E-state index in [0.29, 0.717) is 11.1 Å². The summed E-state index contributed by atoms with van der Waals surface area (Å²) < 4.78 is 7.62. The number of nitrogens with zero attached hydrogens (tertiary/aromatic N) is 1. The van der Waals surface area contributed by atoms with E-state index in [1.165, 1.54) is 4.57 Å². The number of aromatic nitrogens is 1. The first-order chi connectivity index (χ1) is 11.5. The van der Waals surface area contributed by atoms with Crippen LogP contribution in [0.5, 0.6) is 0 Å². The van der Waals surface area contributed by atoms with Crippen molar-refractivity contribution in [3.63, 3.8) is 0 Å². The van der Waals surface area contributed by atoms with Gasteiger partial charge >= 0.3 is 5.76 Å². The number of hydrogen-bond donors (Lipinski definition) is 1. The molecule has 3 rings (SSSR count). The Kier molecular flexibility index (Phi) is 4.85. The number of rotatable bonds is 5. The van der Waals surface area contributed by atoms with Gasteiger partial charge in [0.1, 0.15) is 0 Å². The zero-order valence-corrected chi connectivity index (χ0v) is 14.7. The van der Waals surface area contributed by atoms with Crippen LogP contribution in [0.3, 0.4) is 0 Å². The van der Waals surface area contributed by atoms with Crippen molar-refractivity contribution < 1.29 is 9.21 Å². The summed E-state index contributed by atoms with van der Waals surface area (Å²) in [4.78, 5) is 24.1. The van der Waals surface area contributed by atoms with Crippen LogP contribution in [-0.4, -0.2) is 10.5 Å². The molecule has 0 fully saturated rings. The molecule has 0 bridgehead atoms. The van der Waals surface area contributed by atoms with E-state index in [0.717, 1.165) is 10.0 Å². The maximum Gasteiger partial charge on any atom is 0.419 e. The first-order valence-corrected chi connectivity index (χ1v) is 8.47. The molecule has 0 spiro atoms. The van der Waals surface area contributed by atoms with Crippen LogP contribution in [0.15, 0.2) is 62.2 Å². The van der Waals surface area contributed by atoms with Gasteiger partial charge in [0.05, 0.1) is 11.6 Å². The summed E-state index contributed by atoms with van der Waals surface area (Å²) in [6.45, 7) is 2.21. The Labute approximate surface area is 147 Å². The third kappa shape index (κ3) is 3.59. The first kappa shape index (κ1) is 16.5. The zero-order valence-electron chi connectivity index (χ0n) is 13.2. The summed E-state index contributed by atoms with van der Waals surface area (Å²) in [7, 11) is 0. The number of amides is 1. The molecule has 24 heavy (non-hydrogen) atoms. The predicted molar refractivity (Wildman–Crippen MR) is 95.8 cm³/mol. The van der Waals surface area contributed by atoms with Crippen molar-refractivity contribution >= 4 is 32.9 Å². The number of fused-ring (bicyclic) bond motifs is 1. The van der Waals surface area contributed by atoms with E-state index in [4.69, 9.17) is 4.42 Å². The summed E-state index contributed by atoms with van der Waals surface area (Å²) in [6, 6.07) is 14.9. The molecule has 1 atom stereocenters. The van der Waals surface area contributed by atoms with E-state index < -0.39 is 5.76 Å². The molecule has 2 aromatic carbocycles. The molecule has 1 amide bonds. The highest BCUT2D eigenvalue weighted by Crippen LogP contribution is 2.18. The van der Waals surface area contributed by atoms with Crippen LogP contribution < -0.4 is 11.1 Å². The lowest BCUT2D eigenvalue weighted by Crippen LogP contribution is -2.28. The van der Waals surface area contributed by atoms with Crippen molar-refractivity contribution in [2.24, 2.45) is 0 Å². The molecule has 124 valence electrons. The molecule has 1 unspecified atom stereocenters. The highest BCUT2D eigenvalue weighted by Gasteiger charge is 2.13. The minimum absolute atomic E-state index is 0.104. The fourth-order valence-corrected chi connectivity index (χ4v) is 3.03. The summed E-state index contributed by atoms with van der Waals surface area (Å²) in [5.74, 6) is -0.552. The molecule has 1 N–H and O–H groups in total. The summed E-state index contributed by atoms with van der Waals surface area (Å²) in [5, 5.41) is 2.95. The van der Waals surface area contributed by atoms with Gasteiger partial charge in [-0.25, -0.2) is 4.79 Å². The fourth-order valence-electron chi connectivity index (χ4n) is 2.61. The van der Waals surface area contributed by atoms with Crippen LogP contribution in [0.2, 0.25) is 0 Å². The normalized spacial score (nSPS) is 12.2. The Hall–Kier alpha value is -2.34. The van der Waals surface area contributed by atoms with E-state index >= 15 is 0 Å². The molecule has 1 heterocycles. The van der Waals surface area contributed by atoms with Gasteiger partial charge in [0.25, 0.3) is 0 Å². The second-order valence-electron chi connectivity index (χ2n) is 5.58. The first-order valence-electron chi connectivity index (χ1n) is 7.68. The molecule has 0 saturated heterocycles. The highest BCUT2D eigenvalue weighted by atomic mass is 79.9. The molecule has 0 aliphatic carbocycles. The largest absolute Gasteiger partial charge is 0.419 e. The average molecular weight is 389 g/mol. The SMILES string of the molecule is CC(NC(=O)CCn1c(=O)oc2ccccc21)c1cccc(Br)c1. The van der Waals surface area contributed by atoms with Gasteiger partial charge in [-0.05, 0) is 36.8 Å². The Morgan fingerprint density at radius 1 is 1.25 bits per heavy atom. The standard InChI is InChI=1S/C18H17BrN2O3/c1-12(13-5-4-6-14(19)11-13)20-17(22)9-10-21-15-7-2-3-8-16(15)24-18(21)23/h2-8,11-12H,9-10H2,1H3,(H,20,22). The molecular weight excluding hydrogens is 372 g/mol. The molecule has 0 aliphatic heterocycles. The Morgan fingerprint density at radius 2 is 2.04 bits per heavy atom. The number of carbonyl (C=O) groups is 1. The van der Waals surface area contributed by atoms with Gasteiger partial charge in [0.2, 0.25) is 5.91 Å². The van der Waals surface area contributed by atoms with Crippen molar-refractivity contribution in [1.82, 2.24) is 9.88 Å². The smallest absolute Gasteiger partial charge is 0.408 e. The van der Waals surface area contributed by atoms with Crippen molar-refractivity contribution in [3.8, 4) is 0 Å². The van der Waals surface area contributed by atoms with Gasteiger partial charge in [-0.3, -0.25) is 9.36 Å². The van der Waals surface area contributed by atoms with Crippen molar-refractivity contribution in [1.29, 1.82) is 0 Å². The van der Waals surface area contributed by atoms with Gasteiger partial charge in [0.15, 0.2) is 5.58 Å². The molecular formula is C18H17BrN2O3. The number of nitrogens with one attached hydrogen (secondary N) is 1. The number of benzene rings is 2. The minimum atomic E-state index is -0.441. The molecule has 1 aromatic heterocycles. The van der Waals surface area contributed by atoms with Gasteiger partial charge in [-0.1, -0.05) is 40.2 Å². The monoisotopic (exact) mass is 388 g/mol. The highest BCUT2D eigenvalue weighted by molar-refractivity contribution is 9.10. The van der Waals surface area contributed by atoms with Crippen LogP contribution in [0.4, 0.5) is 0 Å². The molecule has 5 nitrogen and oxygen atoms in total. The molecule has 6 heteroatoms. The van der Waals surface area contributed by atoms with E-state index in [1.807, 2.05) is 49.4 Å². The summed E-state index contributed by atoms with van der Waals surface area (Å²) >= 11 is 3.42. The number of halogens is 1. The Bertz CT molecular complexity index is 929. The maximum absolute atomic E-state index is 12.2. The second-order valence-corrected chi connectivity index (χ2v) is 6.50. The van der Waals surface area contributed by atoms with Crippen molar-refractivity contribution in [2.45, 2.75) is 25.9 Å². The van der Waals surface area contributed by atoms with Crippen molar-refractivity contribution in [3.05, 3.63) is 69.1 Å². The third-order valence-electron chi connectivity index (χ3n) is 3.86. The lowest BCUT2D eigenvalue weighted by molar-refractivity contribution is -0.121. The molecule has 0 aliphatic rings. The predicted octanol–water partition coefficient (Wildman–Crippen LogP) is 3.62. The van der Waals surface area contributed by atoms with Gasteiger partial charge in [-0.15, -0.1) is 0 Å². The summed E-state index contributed by atoms with van der Waals surface area (Å²) in [5.41, 5.74) is 2.25. The van der Waals surface area contributed by atoms with Crippen LogP contribution in [0, 0.1) is 0 Å². The van der Waals surface area contributed by atoms with Crippen molar-refractivity contribution in [2.75, 3.05) is 0 Å². The lowest BCUT2D eigenvalue weighted by Gasteiger charge is -2.14. The minimum Gasteiger partial charge on any atom is -0.408 e. The molecule has 3 aromatic rings. The quantitative estimate of drug-likeness (QED) is 0.725. The Morgan fingerprint density at radius 3 is 2.83 bits per heavy atom. The van der Waals surface area contributed by atoms with E-state index in [1.54, 1.807) is 6.07 Å². The van der Waals surface area contributed by atoms with Gasteiger partial charge in [-0.2, -0.15) is 0 Å². The third-order valence-corrected chi connectivity index (χ3v) is 4.36.